The van der Waals surface area contributed by atoms with E-state index in [4.69, 9.17) is 0 Å². The Hall–Kier alpha value is -0.160. The van der Waals surface area contributed by atoms with Gasteiger partial charge in [0.05, 0.1) is 52.5 Å². The van der Waals surface area contributed by atoms with Crippen LogP contribution in [-0.4, -0.2) is 84.8 Å². The summed E-state index contributed by atoms with van der Waals surface area (Å²) in [4.78, 5) is 0. The van der Waals surface area contributed by atoms with Crippen molar-refractivity contribution in [3.63, 3.8) is 0 Å². The number of aliphatic hydroxyl groups is 2. The minimum atomic E-state index is 0.337. The molecule has 0 saturated carbocycles. The fraction of sp³-hybridized carbons (Fsp3) is 1.00. The summed E-state index contributed by atoms with van der Waals surface area (Å²) < 4.78 is 2.29. The van der Waals surface area contributed by atoms with E-state index in [1.807, 2.05) is 0 Å². The molecule has 4 heteroatoms. The van der Waals surface area contributed by atoms with Gasteiger partial charge in [-0.1, -0.05) is 91.9 Å². The molecule has 0 amide bonds. The molecule has 0 bridgehead atoms. The zero-order valence-electron chi connectivity index (χ0n) is 25.6. The molecule has 0 spiro atoms. The van der Waals surface area contributed by atoms with E-state index >= 15 is 0 Å². The Labute approximate surface area is 228 Å². The molecule has 0 aliphatic rings. The van der Waals surface area contributed by atoms with Crippen LogP contribution in [0.5, 0.6) is 0 Å². The largest absolute Gasteiger partial charge is 0.391 e. The van der Waals surface area contributed by atoms with E-state index in [2.05, 4.69) is 27.7 Å². The summed E-state index contributed by atoms with van der Waals surface area (Å²) in [6.45, 7) is 19.2. The fourth-order valence-electron chi connectivity index (χ4n) is 6.68. The Morgan fingerprint density at radius 3 is 0.722 bits per heavy atom. The lowest BCUT2D eigenvalue weighted by Gasteiger charge is -2.38. The molecule has 0 aromatic rings. The third-order valence-corrected chi connectivity index (χ3v) is 8.46. The van der Waals surface area contributed by atoms with Crippen molar-refractivity contribution in [2.45, 2.75) is 143 Å². The van der Waals surface area contributed by atoms with Crippen LogP contribution in [-0.2, 0) is 0 Å². The maximum Gasteiger partial charge on any atom is 0.102 e. The number of rotatable bonds is 29. The lowest BCUT2D eigenvalue weighted by Crippen LogP contribution is -2.51. The van der Waals surface area contributed by atoms with Crippen molar-refractivity contribution in [2.24, 2.45) is 0 Å². The molecule has 0 radical (unpaired) electrons. The molecule has 218 valence electrons. The summed E-state index contributed by atoms with van der Waals surface area (Å²) in [5.41, 5.74) is 0. The zero-order chi connectivity index (χ0) is 26.8. The van der Waals surface area contributed by atoms with Crippen molar-refractivity contribution < 1.29 is 19.2 Å². The van der Waals surface area contributed by atoms with Crippen molar-refractivity contribution in [3.8, 4) is 0 Å². The second-order valence-corrected chi connectivity index (χ2v) is 11.9. The second kappa shape index (κ2) is 25.1. The standard InChI is InChI=1S/C32H70N2O2/c1-5-23-33(24-6-2,29-31-35)27-21-19-17-15-13-11-9-10-12-14-16-18-20-22-28-34(25-7-3,26-8-4)30-32-36/h35-36H,5-32H2,1-4H3/q+2. The Morgan fingerprint density at radius 2 is 0.528 bits per heavy atom. The van der Waals surface area contributed by atoms with Crippen LogP contribution in [0.3, 0.4) is 0 Å². The van der Waals surface area contributed by atoms with Gasteiger partial charge in [-0.2, -0.15) is 0 Å². The van der Waals surface area contributed by atoms with E-state index < -0.39 is 0 Å². The zero-order valence-corrected chi connectivity index (χ0v) is 25.6. The first-order chi connectivity index (χ1) is 17.6. The SMILES string of the molecule is CCC[N+](CCC)(CCO)CCCCCCCCCCCCCCCC[N+](CCC)(CCC)CCO. The molecule has 0 aromatic carbocycles. The van der Waals surface area contributed by atoms with E-state index in [1.165, 1.54) is 155 Å². The Kier molecular flexibility index (Phi) is 25.0. The summed E-state index contributed by atoms with van der Waals surface area (Å²) in [5.74, 6) is 0. The van der Waals surface area contributed by atoms with Crippen LogP contribution in [0.15, 0.2) is 0 Å². The Morgan fingerprint density at radius 1 is 0.306 bits per heavy atom. The van der Waals surface area contributed by atoms with Gasteiger partial charge < -0.3 is 19.2 Å². The van der Waals surface area contributed by atoms with Crippen molar-refractivity contribution in [1.29, 1.82) is 0 Å². The van der Waals surface area contributed by atoms with Crippen molar-refractivity contribution >= 4 is 0 Å². The fourth-order valence-corrected chi connectivity index (χ4v) is 6.68. The highest BCUT2D eigenvalue weighted by Crippen LogP contribution is 2.17. The van der Waals surface area contributed by atoms with Crippen LogP contribution in [0.2, 0.25) is 0 Å². The second-order valence-electron chi connectivity index (χ2n) is 11.9. The molecule has 0 heterocycles. The smallest absolute Gasteiger partial charge is 0.102 e. The molecule has 0 aromatic heterocycles. The molecule has 0 unspecified atom stereocenters. The number of quaternary nitrogens is 2. The van der Waals surface area contributed by atoms with E-state index in [-0.39, 0.29) is 0 Å². The summed E-state index contributed by atoms with van der Waals surface area (Å²) in [7, 11) is 0. The van der Waals surface area contributed by atoms with Gasteiger partial charge in [0.25, 0.3) is 0 Å². The molecule has 0 aliphatic heterocycles. The van der Waals surface area contributed by atoms with Gasteiger partial charge in [0.1, 0.15) is 13.1 Å². The predicted octanol–water partition coefficient (Wildman–Crippen LogP) is 7.71. The van der Waals surface area contributed by atoms with Crippen LogP contribution in [0.25, 0.3) is 0 Å². The molecule has 0 atom stereocenters. The Bertz CT molecular complexity index is 370. The molecular formula is C32H70N2O2+2. The molecule has 0 rings (SSSR count). The van der Waals surface area contributed by atoms with Gasteiger partial charge in [0, 0.05) is 0 Å². The van der Waals surface area contributed by atoms with Crippen molar-refractivity contribution in [1.82, 2.24) is 0 Å². The van der Waals surface area contributed by atoms with Gasteiger partial charge in [0.15, 0.2) is 0 Å². The van der Waals surface area contributed by atoms with Gasteiger partial charge in [-0.3, -0.25) is 0 Å². The molecule has 0 aliphatic carbocycles. The summed E-state index contributed by atoms with van der Waals surface area (Å²) >= 11 is 0. The first-order valence-electron chi connectivity index (χ1n) is 16.5. The van der Waals surface area contributed by atoms with Gasteiger partial charge in [0.2, 0.25) is 0 Å². The quantitative estimate of drug-likeness (QED) is 0.0793. The van der Waals surface area contributed by atoms with Crippen LogP contribution in [0.4, 0.5) is 0 Å². The number of aliphatic hydroxyl groups excluding tert-OH is 2. The number of hydrogen-bond acceptors (Lipinski definition) is 2. The van der Waals surface area contributed by atoms with Crippen LogP contribution in [0, 0.1) is 0 Å². The van der Waals surface area contributed by atoms with Crippen LogP contribution < -0.4 is 0 Å². The molecule has 4 nitrogen and oxygen atoms in total. The normalized spacial score (nSPS) is 12.5. The van der Waals surface area contributed by atoms with Crippen LogP contribution in [0.1, 0.15) is 143 Å². The summed E-state index contributed by atoms with van der Waals surface area (Å²) in [6.07, 6.45) is 24.5. The first-order valence-corrected chi connectivity index (χ1v) is 16.5. The number of hydrogen-bond donors (Lipinski definition) is 2. The molecule has 0 saturated heterocycles. The molecule has 0 fully saturated rings. The Balaban J connectivity index is 3.66. The van der Waals surface area contributed by atoms with Gasteiger partial charge in [-0.05, 0) is 51.4 Å². The topological polar surface area (TPSA) is 40.5 Å². The number of unbranched alkanes of at least 4 members (excludes halogenated alkanes) is 13. The van der Waals surface area contributed by atoms with Crippen molar-refractivity contribution in [3.05, 3.63) is 0 Å². The van der Waals surface area contributed by atoms with E-state index in [0.29, 0.717) is 13.2 Å². The van der Waals surface area contributed by atoms with Gasteiger partial charge in [-0.25, -0.2) is 0 Å². The minimum Gasteiger partial charge on any atom is -0.391 e. The lowest BCUT2D eigenvalue weighted by molar-refractivity contribution is -0.928. The maximum atomic E-state index is 9.53. The predicted molar refractivity (Wildman–Crippen MR) is 159 cm³/mol. The maximum absolute atomic E-state index is 9.53. The van der Waals surface area contributed by atoms with Crippen molar-refractivity contribution in [2.75, 3.05) is 65.6 Å². The third kappa shape index (κ3) is 18.2. The molecular weight excluding hydrogens is 444 g/mol. The summed E-state index contributed by atoms with van der Waals surface area (Å²) in [5, 5.41) is 19.1. The first kappa shape index (κ1) is 35.8. The number of nitrogens with zero attached hydrogens (tertiary/aromatic N) is 2. The average molecular weight is 515 g/mol. The van der Waals surface area contributed by atoms with E-state index in [9.17, 15) is 10.2 Å². The van der Waals surface area contributed by atoms with Gasteiger partial charge >= 0.3 is 0 Å². The minimum absolute atomic E-state index is 0.337. The average Bonchev–Trinajstić information content (AvgIpc) is 2.85. The van der Waals surface area contributed by atoms with E-state index in [1.54, 1.807) is 0 Å². The third-order valence-electron chi connectivity index (χ3n) is 8.46. The lowest BCUT2D eigenvalue weighted by atomic mass is 10.0. The monoisotopic (exact) mass is 515 g/mol. The molecule has 2 N–H and O–H groups in total. The van der Waals surface area contributed by atoms with Crippen LogP contribution >= 0.6 is 0 Å². The summed E-state index contributed by atoms with van der Waals surface area (Å²) in [6, 6.07) is 0. The highest BCUT2D eigenvalue weighted by Gasteiger charge is 2.25. The highest BCUT2D eigenvalue weighted by molar-refractivity contribution is 4.52. The van der Waals surface area contributed by atoms with E-state index in [0.717, 1.165) is 22.1 Å². The highest BCUT2D eigenvalue weighted by atomic mass is 16.3. The van der Waals surface area contributed by atoms with Gasteiger partial charge in [-0.15, -0.1) is 0 Å². The molecule has 36 heavy (non-hydrogen) atoms.